The van der Waals surface area contributed by atoms with E-state index in [2.05, 4.69) is 26.2 Å². The van der Waals surface area contributed by atoms with Crippen LogP contribution in [0.15, 0.2) is 41.2 Å². The molecule has 1 saturated heterocycles. The average molecular weight is 496 g/mol. The van der Waals surface area contributed by atoms with Gasteiger partial charge in [-0.1, -0.05) is 6.07 Å². The Morgan fingerprint density at radius 3 is 2.85 bits per heavy atom. The number of amides is 1. The van der Waals surface area contributed by atoms with Gasteiger partial charge in [0, 0.05) is 48.2 Å². The number of carbonyl (C=O) groups is 2. The number of nitriles is 1. The van der Waals surface area contributed by atoms with Crippen molar-refractivity contribution in [3.8, 4) is 16.5 Å². The highest BCUT2D eigenvalue weighted by atomic mass is 32.1. The number of hydrogen-bond donors (Lipinski definition) is 1. The first kappa shape index (κ1) is 23.9. The third kappa shape index (κ3) is 5.44. The van der Waals surface area contributed by atoms with Crippen LogP contribution in [-0.2, 0) is 9.53 Å². The quantitative estimate of drug-likeness (QED) is 0.493. The normalized spacial score (nSPS) is 14.3. The topological polar surface area (TPSA) is 98.6 Å². The Bertz CT molecular complexity index is 1190. The summed E-state index contributed by atoms with van der Waals surface area (Å²) in [6.07, 6.45) is 2.54. The molecule has 0 aromatic carbocycles. The van der Waals surface area contributed by atoms with Crippen molar-refractivity contribution in [2.24, 2.45) is 0 Å². The Morgan fingerprint density at radius 2 is 2.09 bits per heavy atom. The Balaban J connectivity index is 1.42. The fraction of sp³-hybridized carbons (Fsp3) is 0.333. The van der Waals surface area contributed by atoms with Crippen LogP contribution in [0.2, 0.25) is 0 Å². The van der Waals surface area contributed by atoms with Crippen molar-refractivity contribution in [2.45, 2.75) is 13.3 Å². The van der Waals surface area contributed by atoms with Crippen molar-refractivity contribution in [3.05, 3.63) is 52.3 Å². The van der Waals surface area contributed by atoms with E-state index in [0.29, 0.717) is 35.0 Å². The molecular formula is C24H25N5O3S2. The van der Waals surface area contributed by atoms with Gasteiger partial charge in [-0.05, 0) is 36.9 Å². The zero-order valence-electron chi connectivity index (χ0n) is 18.8. The van der Waals surface area contributed by atoms with Gasteiger partial charge in [0.2, 0.25) is 5.91 Å². The molecule has 0 aliphatic carbocycles. The van der Waals surface area contributed by atoms with E-state index in [1.165, 1.54) is 22.7 Å². The lowest BCUT2D eigenvalue weighted by atomic mass is 10.1. The van der Waals surface area contributed by atoms with Gasteiger partial charge < -0.3 is 15.0 Å². The number of rotatable bonds is 7. The van der Waals surface area contributed by atoms with E-state index in [-0.39, 0.29) is 19.1 Å². The summed E-state index contributed by atoms with van der Waals surface area (Å²) < 4.78 is 5.26. The molecule has 0 spiro atoms. The van der Waals surface area contributed by atoms with E-state index in [9.17, 15) is 14.9 Å². The van der Waals surface area contributed by atoms with Crippen LogP contribution in [-0.4, -0.2) is 61.1 Å². The van der Waals surface area contributed by atoms with E-state index in [4.69, 9.17) is 4.74 Å². The zero-order chi connectivity index (χ0) is 23.9. The van der Waals surface area contributed by atoms with Crippen LogP contribution in [0, 0.1) is 11.3 Å². The van der Waals surface area contributed by atoms with Gasteiger partial charge in [0.1, 0.15) is 22.5 Å². The number of nitrogens with one attached hydrogen (secondary N) is 1. The summed E-state index contributed by atoms with van der Waals surface area (Å²) in [6, 6.07) is 9.61. The lowest BCUT2D eigenvalue weighted by Gasteiger charge is -2.23. The molecule has 0 radical (unpaired) electrons. The number of nitrogens with zero attached hydrogens (tertiary/aromatic N) is 4. The van der Waals surface area contributed by atoms with Crippen molar-refractivity contribution in [2.75, 3.05) is 49.5 Å². The largest absolute Gasteiger partial charge is 0.462 e. The third-order valence-corrected chi connectivity index (χ3v) is 7.27. The fourth-order valence-electron chi connectivity index (χ4n) is 3.92. The number of ether oxygens (including phenoxy) is 1. The highest BCUT2D eigenvalue weighted by Gasteiger charge is 2.25. The molecule has 0 saturated carbocycles. The molecule has 4 heterocycles. The lowest BCUT2D eigenvalue weighted by Crippen LogP contribution is -2.36. The van der Waals surface area contributed by atoms with Gasteiger partial charge in [0.05, 0.1) is 18.7 Å². The zero-order valence-corrected chi connectivity index (χ0v) is 20.5. The molecule has 1 amide bonds. The molecule has 1 aliphatic heterocycles. The second kappa shape index (κ2) is 11.2. The average Bonchev–Trinajstić information content (AvgIpc) is 3.45. The van der Waals surface area contributed by atoms with E-state index in [0.717, 1.165) is 30.0 Å². The summed E-state index contributed by atoms with van der Waals surface area (Å²) in [5, 5.41) is 16.7. The number of carbonyl (C=O) groups excluding carboxylic acids is 2. The highest BCUT2D eigenvalue weighted by molar-refractivity contribution is 7.17. The van der Waals surface area contributed by atoms with Crippen molar-refractivity contribution in [3.63, 3.8) is 0 Å². The first-order valence-corrected chi connectivity index (χ1v) is 12.8. The van der Waals surface area contributed by atoms with E-state index in [1.807, 2.05) is 22.9 Å². The third-order valence-electron chi connectivity index (χ3n) is 5.47. The predicted octanol–water partition coefficient (Wildman–Crippen LogP) is 4.07. The molecule has 10 heteroatoms. The Hall–Kier alpha value is -3.26. The number of aromatic nitrogens is 1. The summed E-state index contributed by atoms with van der Waals surface area (Å²) in [6.45, 7) is 5.12. The molecule has 4 rings (SSSR count). The predicted molar refractivity (Wildman–Crippen MR) is 134 cm³/mol. The van der Waals surface area contributed by atoms with Crippen LogP contribution in [0.25, 0.3) is 10.4 Å². The summed E-state index contributed by atoms with van der Waals surface area (Å²) in [5.41, 5.74) is 1.74. The molecule has 34 heavy (non-hydrogen) atoms. The molecule has 176 valence electrons. The van der Waals surface area contributed by atoms with Gasteiger partial charge in [-0.25, -0.2) is 9.78 Å². The van der Waals surface area contributed by atoms with Gasteiger partial charge in [-0.15, -0.1) is 22.7 Å². The van der Waals surface area contributed by atoms with Crippen LogP contribution in [0.5, 0.6) is 0 Å². The SMILES string of the molecule is CCOC(=O)c1c(-c2cccs2)csc1NC(=O)CN1CCCN(c2ncccc2C#N)CC1. The van der Waals surface area contributed by atoms with Gasteiger partial charge in [0.15, 0.2) is 0 Å². The minimum Gasteiger partial charge on any atom is -0.462 e. The molecule has 8 nitrogen and oxygen atoms in total. The molecule has 0 unspecified atom stereocenters. The molecule has 1 aliphatic rings. The minimum absolute atomic E-state index is 0.172. The van der Waals surface area contributed by atoms with Crippen molar-refractivity contribution in [1.82, 2.24) is 9.88 Å². The van der Waals surface area contributed by atoms with Gasteiger partial charge in [-0.2, -0.15) is 5.26 Å². The summed E-state index contributed by atoms with van der Waals surface area (Å²) in [7, 11) is 0. The Morgan fingerprint density at radius 1 is 1.21 bits per heavy atom. The van der Waals surface area contributed by atoms with E-state index >= 15 is 0 Å². The molecule has 0 bridgehead atoms. The van der Waals surface area contributed by atoms with Crippen LogP contribution in [0.3, 0.4) is 0 Å². The maximum absolute atomic E-state index is 12.9. The number of anilines is 2. The van der Waals surface area contributed by atoms with E-state index in [1.54, 1.807) is 25.3 Å². The smallest absolute Gasteiger partial charge is 0.341 e. The second-order valence-electron chi connectivity index (χ2n) is 7.70. The summed E-state index contributed by atoms with van der Waals surface area (Å²) in [5.74, 6) is 0.0840. The van der Waals surface area contributed by atoms with Gasteiger partial charge in [-0.3, -0.25) is 9.69 Å². The van der Waals surface area contributed by atoms with Crippen molar-refractivity contribution >= 4 is 45.4 Å². The molecule has 0 atom stereocenters. The van der Waals surface area contributed by atoms with Crippen molar-refractivity contribution in [1.29, 1.82) is 5.26 Å². The fourth-order valence-corrected chi connectivity index (χ4v) is 5.70. The first-order valence-electron chi connectivity index (χ1n) is 11.1. The van der Waals surface area contributed by atoms with Gasteiger partial charge in [0.25, 0.3) is 0 Å². The van der Waals surface area contributed by atoms with Crippen LogP contribution in [0.1, 0.15) is 29.3 Å². The van der Waals surface area contributed by atoms with Crippen LogP contribution >= 0.6 is 22.7 Å². The summed E-state index contributed by atoms with van der Waals surface area (Å²) >= 11 is 2.87. The number of pyridine rings is 1. The van der Waals surface area contributed by atoms with Crippen molar-refractivity contribution < 1.29 is 14.3 Å². The standard InChI is InChI=1S/C24H25N5O3S2/c1-2-32-24(31)21-18(19-7-4-13-33-19)16-34-23(21)27-20(30)15-28-9-5-10-29(12-11-28)22-17(14-25)6-3-8-26-22/h3-4,6-8,13,16H,2,5,9-12,15H2,1H3,(H,27,30). The first-order chi connectivity index (χ1) is 16.6. The summed E-state index contributed by atoms with van der Waals surface area (Å²) in [4.78, 5) is 35.1. The molecular weight excluding hydrogens is 470 g/mol. The number of hydrogen-bond acceptors (Lipinski definition) is 9. The maximum Gasteiger partial charge on any atom is 0.341 e. The monoisotopic (exact) mass is 495 g/mol. The van der Waals surface area contributed by atoms with Gasteiger partial charge >= 0.3 is 5.97 Å². The molecule has 3 aromatic heterocycles. The highest BCUT2D eigenvalue weighted by Crippen LogP contribution is 2.38. The second-order valence-corrected chi connectivity index (χ2v) is 9.53. The Kier molecular flexibility index (Phi) is 7.90. The lowest BCUT2D eigenvalue weighted by molar-refractivity contribution is -0.117. The molecule has 1 N–H and O–H groups in total. The van der Waals surface area contributed by atoms with Crippen LogP contribution in [0.4, 0.5) is 10.8 Å². The Labute approximate surface area is 206 Å². The minimum atomic E-state index is -0.434. The maximum atomic E-state index is 12.9. The number of thiophene rings is 2. The number of esters is 1. The van der Waals surface area contributed by atoms with E-state index < -0.39 is 5.97 Å². The molecule has 1 fully saturated rings. The van der Waals surface area contributed by atoms with Crippen LogP contribution < -0.4 is 10.2 Å². The molecule has 3 aromatic rings.